The summed E-state index contributed by atoms with van der Waals surface area (Å²) in [6.07, 6.45) is -0.658. The van der Waals surface area contributed by atoms with Crippen molar-refractivity contribution in [2.24, 2.45) is 5.73 Å². The van der Waals surface area contributed by atoms with Crippen LogP contribution in [0.2, 0.25) is 0 Å². The number of oxazole rings is 1. The number of hydrogen-bond donors (Lipinski definition) is 2. The molecule has 40 heavy (non-hydrogen) atoms. The van der Waals surface area contributed by atoms with Crippen LogP contribution in [0.3, 0.4) is 0 Å². The maximum atomic E-state index is 13.6. The third-order valence-corrected chi connectivity index (χ3v) is 7.05. The van der Waals surface area contributed by atoms with Crippen LogP contribution >= 0.6 is 0 Å². The fourth-order valence-electron chi connectivity index (χ4n) is 4.73. The van der Waals surface area contributed by atoms with Gasteiger partial charge in [-0.1, -0.05) is 6.92 Å². The van der Waals surface area contributed by atoms with Crippen molar-refractivity contribution < 1.29 is 32.2 Å². The lowest BCUT2D eigenvalue weighted by Crippen LogP contribution is -2.46. The van der Waals surface area contributed by atoms with E-state index in [0.717, 1.165) is 6.07 Å². The van der Waals surface area contributed by atoms with Crippen molar-refractivity contribution in [1.29, 1.82) is 0 Å². The van der Waals surface area contributed by atoms with E-state index in [-0.39, 0.29) is 54.5 Å². The van der Waals surface area contributed by atoms with Crippen LogP contribution < -0.4 is 10.5 Å². The summed E-state index contributed by atoms with van der Waals surface area (Å²) in [5.74, 6) is 0.191. The number of aromatic nitrogens is 4. The minimum atomic E-state index is -4.65. The molecule has 1 fully saturated rings. The number of piperidine rings is 1. The molecule has 0 radical (unpaired) electrons. The van der Waals surface area contributed by atoms with Crippen LogP contribution in [0.4, 0.5) is 13.2 Å². The van der Waals surface area contributed by atoms with Gasteiger partial charge < -0.3 is 24.9 Å². The van der Waals surface area contributed by atoms with Crippen molar-refractivity contribution in [3.63, 3.8) is 0 Å². The lowest BCUT2D eigenvalue weighted by Gasteiger charge is -2.36. The normalized spacial score (nSPS) is 16.2. The smallest absolute Gasteiger partial charge is 0.433 e. The Labute approximate surface area is 227 Å². The van der Waals surface area contributed by atoms with E-state index in [1.54, 1.807) is 29.4 Å². The van der Waals surface area contributed by atoms with E-state index >= 15 is 0 Å². The van der Waals surface area contributed by atoms with E-state index < -0.39 is 29.4 Å². The minimum Gasteiger partial charge on any atom is -0.494 e. The highest BCUT2D eigenvalue weighted by Gasteiger charge is 2.39. The van der Waals surface area contributed by atoms with E-state index in [2.05, 4.69) is 19.9 Å². The summed E-state index contributed by atoms with van der Waals surface area (Å²) < 4.78 is 51.3. The number of carbonyl (C=O) groups excluding carboxylic acids is 1. The first kappa shape index (κ1) is 27.5. The average molecular weight is 557 g/mol. The number of pyridine rings is 1. The molecule has 1 atom stereocenters. The van der Waals surface area contributed by atoms with Gasteiger partial charge in [-0.05, 0) is 36.8 Å². The van der Waals surface area contributed by atoms with E-state index in [1.807, 2.05) is 6.92 Å². The molecule has 0 saturated carbocycles. The number of nitrogens with two attached hydrogens (primary N) is 1. The molecule has 0 spiro atoms. The first-order chi connectivity index (χ1) is 19.1. The molecule has 1 aliphatic rings. The maximum Gasteiger partial charge on any atom is 0.433 e. The van der Waals surface area contributed by atoms with Crippen LogP contribution in [-0.4, -0.2) is 56.0 Å². The predicted octanol–water partition coefficient (Wildman–Crippen LogP) is 4.24. The topological polar surface area (TPSA) is 140 Å². The number of nitrogens with zero attached hydrogens (tertiary/aromatic N) is 5. The van der Waals surface area contributed by atoms with Gasteiger partial charge >= 0.3 is 6.18 Å². The van der Waals surface area contributed by atoms with Crippen molar-refractivity contribution >= 4 is 16.8 Å². The lowest BCUT2D eigenvalue weighted by molar-refractivity contribution is -0.140. The number of carbonyl (C=O) groups is 1. The average Bonchev–Trinajstić information content (AvgIpc) is 3.41. The summed E-state index contributed by atoms with van der Waals surface area (Å²) >= 11 is 0. The zero-order valence-corrected chi connectivity index (χ0v) is 21.8. The molecule has 3 aromatic heterocycles. The fourth-order valence-corrected chi connectivity index (χ4v) is 4.73. The van der Waals surface area contributed by atoms with Crippen molar-refractivity contribution in [2.45, 2.75) is 44.0 Å². The van der Waals surface area contributed by atoms with Crippen LogP contribution in [0.1, 0.15) is 60.0 Å². The Morgan fingerprint density at radius 1 is 1.18 bits per heavy atom. The van der Waals surface area contributed by atoms with Gasteiger partial charge in [-0.25, -0.2) is 19.9 Å². The first-order valence-corrected chi connectivity index (χ1v) is 12.7. The number of ether oxygens (including phenoxy) is 1. The largest absolute Gasteiger partial charge is 0.494 e. The van der Waals surface area contributed by atoms with Gasteiger partial charge in [0.25, 0.3) is 5.91 Å². The molecule has 1 amide bonds. The van der Waals surface area contributed by atoms with Crippen LogP contribution in [-0.2, 0) is 11.8 Å². The van der Waals surface area contributed by atoms with E-state index in [9.17, 15) is 23.1 Å². The molecular formula is C27H27F3N6O4. The first-order valence-electron chi connectivity index (χ1n) is 12.7. The molecule has 0 bridgehead atoms. The molecule has 13 heteroatoms. The molecule has 3 N–H and O–H groups in total. The summed E-state index contributed by atoms with van der Waals surface area (Å²) in [7, 11) is 1.33. The number of halogens is 3. The molecule has 1 aliphatic heterocycles. The summed E-state index contributed by atoms with van der Waals surface area (Å²) in [4.78, 5) is 31.8. The van der Waals surface area contributed by atoms with Crippen molar-refractivity contribution in [3.8, 4) is 17.2 Å². The maximum absolute atomic E-state index is 13.6. The monoisotopic (exact) mass is 556 g/mol. The number of aliphatic hydroxyl groups is 1. The highest BCUT2D eigenvalue weighted by atomic mass is 19.4. The van der Waals surface area contributed by atoms with E-state index in [1.165, 1.54) is 19.2 Å². The van der Waals surface area contributed by atoms with Gasteiger partial charge in [0.05, 0.1) is 13.2 Å². The minimum absolute atomic E-state index is 0.00888. The quantitative estimate of drug-likeness (QED) is 0.357. The number of benzene rings is 1. The Morgan fingerprint density at radius 3 is 2.50 bits per heavy atom. The van der Waals surface area contributed by atoms with Crippen molar-refractivity contribution in [3.05, 3.63) is 65.7 Å². The van der Waals surface area contributed by atoms with Gasteiger partial charge in [0.1, 0.15) is 22.6 Å². The van der Waals surface area contributed by atoms with Crippen LogP contribution in [0.25, 0.3) is 22.4 Å². The molecule has 5 rings (SSSR count). The number of likely N-dealkylation sites (tertiary alicyclic amines) is 1. The Bertz CT molecular complexity index is 1530. The number of methoxy groups -OCH3 is 1. The summed E-state index contributed by atoms with van der Waals surface area (Å²) in [6.45, 7) is 2.26. The lowest BCUT2D eigenvalue weighted by atomic mass is 9.90. The zero-order valence-electron chi connectivity index (χ0n) is 21.8. The molecule has 210 valence electrons. The second-order valence-electron chi connectivity index (χ2n) is 9.55. The van der Waals surface area contributed by atoms with E-state index in [4.69, 9.17) is 14.9 Å². The Kier molecular flexibility index (Phi) is 7.19. The molecule has 1 saturated heterocycles. The Morgan fingerprint density at radius 2 is 1.88 bits per heavy atom. The fraction of sp³-hybridized carbons (Fsp3) is 0.370. The zero-order chi connectivity index (χ0) is 28.7. The van der Waals surface area contributed by atoms with Gasteiger partial charge in [0, 0.05) is 49.3 Å². The molecule has 4 heterocycles. The molecule has 1 aromatic carbocycles. The van der Waals surface area contributed by atoms with Crippen molar-refractivity contribution in [1.82, 2.24) is 24.8 Å². The second kappa shape index (κ2) is 10.5. The van der Waals surface area contributed by atoms with Crippen LogP contribution in [0.15, 0.2) is 47.1 Å². The number of alkyl halides is 3. The summed E-state index contributed by atoms with van der Waals surface area (Å²) in [5, 5.41) is 11.4. The SMILES string of the molecule is CC[C@H](N)c1oc(-c2ccc(OC)c3nc(C(F)(F)F)ccc23)nc1C(=O)N1CCC(O)(c2ncccn2)CC1. The van der Waals surface area contributed by atoms with Crippen LogP contribution in [0, 0.1) is 0 Å². The number of rotatable bonds is 6. The number of hydrogen-bond acceptors (Lipinski definition) is 9. The molecule has 4 aromatic rings. The second-order valence-corrected chi connectivity index (χ2v) is 9.55. The Hall–Kier alpha value is -4.10. The highest BCUT2D eigenvalue weighted by Crippen LogP contribution is 2.38. The number of fused-ring (bicyclic) bond motifs is 1. The summed E-state index contributed by atoms with van der Waals surface area (Å²) in [5.41, 5.74) is 4.26. The van der Waals surface area contributed by atoms with Crippen LogP contribution in [0.5, 0.6) is 5.75 Å². The molecule has 0 unspecified atom stereocenters. The number of amides is 1. The summed E-state index contributed by atoms with van der Waals surface area (Å²) in [6, 6.07) is 6.18. The van der Waals surface area contributed by atoms with Gasteiger partial charge in [-0.15, -0.1) is 0 Å². The van der Waals surface area contributed by atoms with Gasteiger partial charge in [0.2, 0.25) is 5.89 Å². The third-order valence-electron chi connectivity index (χ3n) is 7.05. The molecule has 0 aliphatic carbocycles. The van der Waals surface area contributed by atoms with E-state index in [0.29, 0.717) is 23.2 Å². The van der Waals surface area contributed by atoms with Crippen molar-refractivity contribution in [2.75, 3.05) is 20.2 Å². The molecule has 10 nitrogen and oxygen atoms in total. The van der Waals surface area contributed by atoms with Gasteiger partial charge in [-0.2, -0.15) is 13.2 Å². The molecular weight excluding hydrogens is 529 g/mol. The highest BCUT2D eigenvalue weighted by molar-refractivity contribution is 5.98. The predicted molar refractivity (Wildman–Crippen MR) is 137 cm³/mol. The Balaban J connectivity index is 1.51. The third kappa shape index (κ3) is 4.97. The standard InChI is InChI=1S/C27H27F3N6O4/c1-3-17(31)22-21(24(37)36-13-9-26(38,10-14-36)25-32-11-4-12-33-25)35-23(40-22)16-5-7-18(39-2)20-15(16)6-8-19(34-20)27(28,29)30/h4-8,11-12,17,38H,3,9-10,13-14,31H2,1-2H3/t17-/m0/s1. The van der Waals surface area contributed by atoms with Gasteiger partial charge in [-0.3, -0.25) is 4.79 Å². The van der Waals surface area contributed by atoms with Gasteiger partial charge in [0.15, 0.2) is 17.3 Å².